The Morgan fingerprint density at radius 2 is 1.76 bits per heavy atom. The summed E-state index contributed by atoms with van der Waals surface area (Å²) in [6.07, 6.45) is 0. The van der Waals surface area contributed by atoms with Crippen molar-refractivity contribution >= 4 is 34.5 Å². The molecule has 4 aromatic rings. The topological polar surface area (TPSA) is 76.1 Å². The zero-order valence-corrected chi connectivity index (χ0v) is 20.8. The molecule has 1 aliphatic heterocycles. The van der Waals surface area contributed by atoms with E-state index in [1.165, 1.54) is 35.5 Å². The first-order valence-corrected chi connectivity index (χ1v) is 12.3. The molecule has 1 fully saturated rings. The lowest BCUT2D eigenvalue weighted by molar-refractivity contribution is -0.132. The Morgan fingerprint density at radius 1 is 0.973 bits per heavy atom. The van der Waals surface area contributed by atoms with E-state index >= 15 is 0 Å². The van der Waals surface area contributed by atoms with Crippen molar-refractivity contribution in [3.05, 3.63) is 112 Å². The van der Waals surface area contributed by atoms with Crippen LogP contribution in [0.5, 0.6) is 17.2 Å². The van der Waals surface area contributed by atoms with E-state index in [1.54, 1.807) is 36.4 Å². The SMILES string of the molecule is COc1ccc(F)cc1/C(O)=C1/C(=O)C(=O)N(c2ccc(Oc3cccc(C)c3)cc2)C1c1cccs1. The summed E-state index contributed by atoms with van der Waals surface area (Å²) in [4.78, 5) is 28.6. The summed E-state index contributed by atoms with van der Waals surface area (Å²) in [5.41, 5.74) is 1.35. The number of carbonyl (C=O) groups excluding carboxylic acids is 2. The highest BCUT2D eigenvalue weighted by Crippen LogP contribution is 2.45. The zero-order valence-electron chi connectivity index (χ0n) is 20.0. The maximum Gasteiger partial charge on any atom is 0.300 e. The van der Waals surface area contributed by atoms with Crippen LogP contribution in [0.25, 0.3) is 5.76 Å². The van der Waals surface area contributed by atoms with E-state index in [0.29, 0.717) is 22.1 Å². The molecule has 3 aromatic carbocycles. The molecular formula is C29H22FNO5S. The van der Waals surface area contributed by atoms with Gasteiger partial charge in [-0.05, 0) is 78.5 Å². The molecule has 0 spiro atoms. The Labute approximate surface area is 216 Å². The molecule has 8 heteroatoms. The first-order chi connectivity index (χ1) is 17.9. The molecule has 1 N–H and O–H groups in total. The van der Waals surface area contributed by atoms with E-state index in [4.69, 9.17) is 9.47 Å². The highest BCUT2D eigenvalue weighted by Gasteiger charge is 2.47. The molecule has 1 atom stereocenters. The van der Waals surface area contributed by atoms with E-state index in [0.717, 1.165) is 11.6 Å². The van der Waals surface area contributed by atoms with Gasteiger partial charge in [-0.2, -0.15) is 0 Å². The number of amides is 1. The number of halogens is 1. The number of anilines is 1. The van der Waals surface area contributed by atoms with Crippen molar-refractivity contribution in [1.29, 1.82) is 0 Å². The first-order valence-electron chi connectivity index (χ1n) is 11.4. The van der Waals surface area contributed by atoms with Crippen LogP contribution in [0, 0.1) is 12.7 Å². The van der Waals surface area contributed by atoms with Crippen molar-refractivity contribution in [2.24, 2.45) is 0 Å². The number of ketones is 1. The fourth-order valence-electron chi connectivity index (χ4n) is 4.31. The van der Waals surface area contributed by atoms with Crippen LogP contribution in [-0.2, 0) is 9.59 Å². The maximum absolute atomic E-state index is 14.1. The van der Waals surface area contributed by atoms with Gasteiger partial charge in [0.2, 0.25) is 0 Å². The molecule has 1 unspecified atom stereocenters. The third-order valence-electron chi connectivity index (χ3n) is 6.01. The van der Waals surface area contributed by atoms with Gasteiger partial charge < -0.3 is 14.6 Å². The number of methoxy groups -OCH3 is 1. The Balaban J connectivity index is 1.57. The number of nitrogens with zero attached hydrogens (tertiary/aromatic N) is 1. The number of benzene rings is 3. The average molecular weight is 516 g/mol. The van der Waals surface area contributed by atoms with E-state index < -0.39 is 29.3 Å². The number of Topliss-reactive ketones (excluding diaryl/α,β-unsaturated/α-hetero) is 1. The molecule has 1 aromatic heterocycles. The molecule has 0 aliphatic carbocycles. The molecular weight excluding hydrogens is 493 g/mol. The highest BCUT2D eigenvalue weighted by molar-refractivity contribution is 7.10. The fraction of sp³-hybridized carbons (Fsp3) is 0.103. The van der Waals surface area contributed by atoms with E-state index in [-0.39, 0.29) is 16.9 Å². The lowest BCUT2D eigenvalue weighted by Crippen LogP contribution is -2.29. The second-order valence-corrected chi connectivity index (χ2v) is 9.42. The summed E-state index contributed by atoms with van der Waals surface area (Å²) >= 11 is 1.34. The Kier molecular flexibility index (Phi) is 6.50. The monoisotopic (exact) mass is 515 g/mol. The summed E-state index contributed by atoms with van der Waals surface area (Å²) < 4.78 is 25.3. The van der Waals surface area contributed by atoms with Crippen molar-refractivity contribution in [1.82, 2.24) is 0 Å². The standard InChI is InChI=1S/C29H22FNO5S/c1-17-5-3-6-21(15-17)36-20-11-9-19(10-12-20)31-26(24-7-4-14-37-24)25(28(33)29(31)34)27(32)22-16-18(30)8-13-23(22)35-2/h3-16,26,32H,1-2H3/b27-25-. The van der Waals surface area contributed by atoms with Gasteiger partial charge in [0.1, 0.15) is 34.9 Å². The molecule has 6 nitrogen and oxygen atoms in total. The third-order valence-corrected chi connectivity index (χ3v) is 6.94. The number of aliphatic hydroxyl groups excluding tert-OH is 1. The van der Waals surface area contributed by atoms with Crippen LogP contribution in [0.4, 0.5) is 10.1 Å². The fourth-order valence-corrected chi connectivity index (χ4v) is 5.14. The minimum absolute atomic E-state index is 0.0102. The first kappa shape index (κ1) is 24.3. The van der Waals surface area contributed by atoms with Gasteiger partial charge in [-0.1, -0.05) is 18.2 Å². The van der Waals surface area contributed by atoms with Crippen LogP contribution >= 0.6 is 11.3 Å². The number of carbonyl (C=O) groups is 2. The average Bonchev–Trinajstić information content (AvgIpc) is 3.51. The number of rotatable bonds is 6. The lowest BCUT2D eigenvalue weighted by Gasteiger charge is -2.24. The summed E-state index contributed by atoms with van der Waals surface area (Å²) in [5.74, 6) is -1.39. The van der Waals surface area contributed by atoms with Crippen molar-refractivity contribution < 1.29 is 28.6 Å². The molecule has 1 aliphatic rings. The van der Waals surface area contributed by atoms with Gasteiger partial charge in [0.15, 0.2) is 0 Å². The summed E-state index contributed by atoms with van der Waals surface area (Å²) in [7, 11) is 1.37. The molecule has 2 heterocycles. The molecule has 186 valence electrons. The Bertz CT molecular complexity index is 1510. The molecule has 37 heavy (non-hydrogen) atoms. The van der Waals surface area contributed by atoms with Crippen molar-refractivity contribution in [3.8, 4) is 17.2 Å². The number of ether oxygens (including phenoxy) is 2. The van der Waals surface area contributed by atoms with Crippen molar-refractivity contribution in [2.75, 3.05) is 12.0 Å². The van der Waals surface area contributed by atoms with Gasteiger partial charge in [0.25, 0.3) is 11.7 Å². The van der Waals surface area contributed by atoms with Crippen LogP contribution in [0.3, 0.4) is 0 Å². The van der Waals surface area contributed by atoms with Gasteiger partial charge >= 0.3 is 0 Å². The molecule has 0 saturated carbocycles. The van der Waals surface area contributed by atoms with Crippen LogP contribution in [0.2, 0.25) is 0 Å². The number of hydrogen-bond acceptors (Lipinski definition) is 6. The predicted octanol–water partition coefficient (Wildman–Crippen LogP) is 6.62. The third kappa shape index (κ3) is 4.59. The smallest absolute Gasteiger partial charge is 0.300 e. The molecule has 5 rings (SSSR count). The van der Waals surface area contributed by atoms with E-state index in [9.17, 15) is 19.1 Å². The second-order valence-electron chi connectivity index (χ2n) is 8.44. The number of aryl methyl sites for hydroxylation is 1. The summed E-state index contributed by atoms with van der Waals surface area (Å²) in [5, 5.41) is 13.0. The van der Waals surface area contributed by atoms with Crippen molar-refractivity contribution in [3.63, 3.8) is 0 Å². The lowest BCUT2D eigenvalue weighted by atomic mass is 9.99. The number of thiophene rings is 1. The molecule has 0 radical (unpaired) electrons. The summed E-state index contributed by atoms with van der Waals surface area (Å²) in [6.45, 7) is 1.97. The normalized spacial score (nSPS) is 16.7. The quantitative estimate of drug-likeness (QED) is 0.177. The van der Waals surface area contributed by atoms with Gasteiger partial charge in [-0.15, -0.1) is 11.3 Å². The van der Waals surface area contributed by atoms with Gasteiger partial charge in [-0.25, -0.2) is 4.39 Å². The van der Waals surface area contributed by atoms with Gasteiger partial charge in [-0.3, -0.25) is 14.5 Å². The van der Waals surface area contributed by atoms with Crippen LogP contribution in [0.1, 0.15) is 22.0 Å². The van der Waals surface area contributed by atoms with Crippen LogP contribution < -0.4 is 14.4 Å². The molecule has 1 saturated heterocycles. The predicted molar refractivity (Wildman–Crippen MR) is 140 cm³/mol. The Morgan fingerprint density at radius 3 is 2.43 bits per heavy atom. The minimum atomic E-state index is -0.906. The van der Waals surface area contributed by atoms with Crippen LogP contribution in [-0.4, -0.2) is 23.9 Å². The van der Waals surface area contributed by atoms with E-state index in [1.807, 2.05) is 36.6 Å². The number of hydrogen-bond donors (Lipinski definition) is 1. The number of aliphatic hydroxyl groups is 1. The molecule has 1 amide bonds. The minimum Gasteiger partial charge on any atom is -0.507 e. The van der Waals surface area contributed by atoms with Crippen molar-refractivity contribution in [2.45, 2.75) is 13.0 Å². The van der Waals surface area contributed by atoms with Gasteiger partial charge in [0.05, 0.1) is 18.2 Å². The summed E-state index contributed by atoms with van der Waals surface area (Å²) in [6, 6.07) is 20.7. The largest absolute Gasteiger partial charge is 0.507 e. The Hall–Kier alpha value is -4.43. The second kappa shape index (κ2) is 9.91. The highest BCUT2D eigenvalue weighted by atomic mass is 32.1. The zero-order chi connectivity index (χ0) is 26.1. The maximum atomic E-state index is 14.1. The molecule has 0 bridgehead atoms. The van der Waals surface area contributed by atoms with Gasteiger partial charge in [0, 0.05) is 10.6 Å². The van der Waals surface area contributed by atoms with E-state index in [2.05, 4.69) is 0 Å². The van der Waals surface area contributed by atoms with Crippen LogP contribution in [0.15, 0.2) is 89.8 Å².